The van der Waals surface area contributed by atoms with E-state index in [4.69, 9.17) is 9.41 Å². The van der Waals surface area contributed by atoms with E-state index in [1.165, 1.54) is 16.7 Å². The van der Waals surface area contributed by atoms with Crippen molar-refractivity contribution in [3.63, 3.8) is 0 Å². The highest BCUT2D eigenvalue weighted by Gasteiger charge is 2.41. The average Bonchev–Trinajstić information content (AvgIpc) is 3.40. The van der Waals surface area contributed by atoms with Crippen molar-refractivity contribution >= 4 is 35.2 Å². The Balaban J connectivity index is 1.75. The largest absolute Gasteiger partial charge is 0.415 e. The molecule has 11 nitrogen and oxygen atoms in total. The monoisotopic (exact) mass is 590 g/mol. The van der Waals surface area contributed by atoms with E-state index in [1.807, 2.05) is 6.92 Å². The van der Waals surface area contributed by atoms with Gasteiger partial charge in [-0.3, -0.25) is 14.0 Å². The standard InChI is InChI=1S/C27H42N6O5SSi/c1-18(34)23(17-38-40(7,8)26(2,3)4)30-25-29-22-10-9-20(39(36,37)31-27(5)11-12-27)13-21(22)24(35)33(25)16-19-14-28-32(6)15-19/h9-10,13-15,18,23,31,34H,11-12,16-17H2,1-8H3,(H,29,30)/t18-,23-/m0/s1. The van der Waals surface area contributed by atoms with E-state index in [0.29, 0.717) is 5.52 Å². The third-order valence-electron chi connectivity index (χ3n) is 8.04. The first-order chi connectivity index (χ1) is 18.4. The summed E-state index contributed by atoms with van der Waals surface area (Å²) in [6, 6.07) is 3.85. The Kier molecular flexibility index (Phi) is 8.11. The van der Waals surface area contributed by atoms with Gasteiger partial charge >= 0.3 is 0 Å². The molecule has 13 heteroatoms. The number of aromatic nitrogens is 4. The number of nitrogens with zero attached hydrogens (tertiary/aromatic N) is 4. The summed E-state index contributed by atoms with van der Waals surface area (Å²) in [6.07, 6.45) is 4.21. The maximum atomic E-state index is 13.9. The maximum absolute atomic E-state index is 13.9. The highest BCUT2D eigenvalue weighted by Crippen LogP contribution is 2.37. The van der Waals surface area contributed by atoms with Gasteiger partial charge in [0, 0.05) is 24.3 Å². The van der Waals surface area contributed by atoms with Crippen molar-refractivity contribution in [1.82, 2.24) is 24.1 Å². The first-order valence-electron chi connectivity index (χ1n) is 13.6. The molecule has 0 spiro atoms. The Labute approximate surface area is 237 Å². The minimum Gasteiger partial charge on any atom is -0.415 e. The first-order valence-corrected chi connectivity index (χ1v) is 17.9. The number of benzene rings is 1. The number of aryl methyl sites for hydroxylation is 1. The van der Waals surface area contributed by atoms with Crippen LogP contribution in [0.15, 0.2) is 40.3 Å². The van der Waals surface area contributed by atoms with Crippen LogP contribution in [-0.4, -0.2) is 65.5 Å². The predicted octanol–water partition coefficient (Wildman–Crippen LogP) is 3.19. The molecule has 2 heterocycles. The second-order valence-electron chi connectivity index (χ2n) is 12.8. The lowest BCUT2D eigenvalue weighted by Crippen LogP contribution is -2.46. The first kappa shape index (κ1) is 30.4. The van der Waals surface area contributed by atoms with Crippen LogP contribution in [-0.2, 0) is 28.0 Å². The summed E-state index contributed by atoms with van der Waals surface area (Å²) in [5.74, 6) is 0.255. The van der Waals surface area contributed by atoms with E-state index in [9.17, 15) is 18.3 Å². The number of aliphatic hydroxyl groups excluding tert-OH is 1. The van der Waals surface area contributed by atoms with Crippen molar-refractivity contribution in [2.24, 2.45) is 7.05 Å². The van der Waals surface area contributed by atoms with Gasteiger partial charge in [-0.2, -0.15) is 5.10 Å². The van der Waals surface area contributed by atoms with Gasteiger partial charge in [-0.25, -0.2) is 18.1 Å². The van der Waals surface area contributed by atoms with Crippen molar-refractivity contribution in [3.8, 4) is 0 Å². The van der Waals surface area contributed by atoms with E-state index in [0.717, 1.165) is 18.4 Å². The van der Waals surface area contributed by atoms with Gasteiger partial charge in [-0.15, -0.1) is 0 Å². The Hall–Kier alpha value is -2.58. The molecule has 2 aromatic heterocycles. The third kappa shape index (κ3) is 6.65. The van der Waals surface area contributed by atoms with Crippen LogP contribution in [0.1, 0.15) is 53.0 Å². The number of aliphatic hydroxyl groups is 1. The zero-order valence-corrected chi connectivity index (χ0v) is 26.5. The molecule has 2 atom stereocenters. The van der Waals surface area contributed by atoms with E-state index < -0.39 is 41.6 Å². The maximum Gasteiger partial charge on any atom is 0.263 e. The van der Waals surface area contributed by atoms with Gasteiger partial charge in [-0.1, -0.05) is 20.8 Å². The molecule has 0 radical (unpaired) electrons. The number of nitrogens with one attached hydrogen (secondary N) is 2. The van der Waals surface area contributed by atoms with Crippen LogP contribution in [0.25, 0.3) is 10.9 Å². The molecule has 1 fully saturated rings. The zero-order valence-electron chi connectivity index (χ0n) is 24.6. The molecule has 3 N–H and O–H groups in total. The molecular weight excluding hydrogens is 548 g/mol. The minimum absolute atomic E-state index is 0.0102. The van der Waals surface area contributed by atoms with Crippen LogP contribution in [0.2, 0.25) is 18.1 Å². The molecule has 4 rings (SSSR count). The normalized spacial score (nSPS) is 17.1. The second kappa shape index (κ2) is 10.7. The molecule has 0 aliphatic heterocycles. The second-order valence-corrected chi connectivity index (χ2v) is 19.2. The lowest BCUT2D eigenvalue weighted by atomic mass is 10.2. The van der Waals surface area contributed by atoms with Crippen molar-refractivity contribution in [2.45, 2.75) is 94.7 Å². The van der Waals surface area contributed by atoms with Crippen LogP contribution in [0.4, 0.5) is 5.95 Å². The Morgan fingerprint density at radius 3 is 2.48 bits per heavy atom. The third-order valence-corrected chi connectivity index (χ3v) is 14.2. The molecule has 40 heavy (non-hydrogen) atoms. The summed E-state index contributed by atoms with van der Waals surface area (Å²) in [6.45, 7) is 14.6. The van der Waals surface area contributed by atoms with E-state index in [2.05, 4.69) is 49.0 Å². The summed E-state index contributed by atoms with van der Waals surface area (Å²) >= 11 is 0. The van der Waals surface area contributed by atoms with E-state index in [1.54, 1.807) is 37.1 Å². The number of rotatable bonds is 11. The lowest BCUT2D eigenvalue weighted by Gasteiger charge is -2.38. The molecule has 1 aliphatic rings. The van der Waals surface area contributed by atoms with Crippen LogP contribution in [0.5, 0.6) is 0 Å². The van der Waals surface area contributed by atoms with Gasteiger partial charge in [-0.05, 0) is 63.0 Å². The fourth-order valence-corrected chi connectivity index (χ4v) is 6.54. The molecular formula is C27H42N6O5SSi. The van der Waals surface area contributed by atoms with E-state index >= 15 is 0 Å². The van der Waals surface area contributed by atoms with Gasteiger partial charge in [0.25, 0.3) is 5.56 Å². The molecule has 1 aliphatic carbocycles. The number of hydrogen-bond donors (Lipinski definition) is 3. The number of sulfonamides is 1. The average molecular weight is 591 g/mol. The van der Waals surface area contributed by atoms with Crippen molar-refractivity contribution < 1.29 is 18.0 Å². The van der Waals surface area contributed by atoms with Crippen molar-refractivity contribution in [3.05, 3.63) is 46.5 Å². The van der Waals surface area contributed by atoms with Gasteiger partial charge in [0.15, 0.2) is 8.32 Å². The van der Waals surface area contributed by atoms with E-state index in [-0.39, 0.29) is 34.4 Å². The summed E-state index contributed by atoms with van der Waals surface area (Å²) < 4.78 is 38.3. The highest BCUT2D eigenvalue weighted by atomic mass is 32.2. The molecule has 0 bridgehead atoms. The van der Waals surface area contributed by atoms with Gasteiger partial charge in [0.2, 0.25) is 16.0 Å². The van der Waals surface area contributed by atoms with Gasteiger partial charge in [0.05, 0.1) is 47.3 Å². The number of hydrogen-bond acceptors (Lipinski definition) is 8. The molecule has 0 amide bonds. The summed E-state index contributed by atoms with van der Waals surface area (Å²) in [5.41, 5.74) is 0.275. The van der Waals surface area contributed by atoms with Crippen LogP contribution in [0, 0.1) is 0 Å². The Bertz CT molecular complexity index is 1550. The lowest BCUT2D eigenvalue weighted by molar-refractivity contribution is 0.134. The topological polar surface area (TPSA) is 140 Å². The summed E-state index contributed by atoms with van der Waals surface area (Å²) in [5, 5.41) is 18.3. The molecule has 1 saturated carbocycles. The fraction of sp³-hybridized carbons (Fsp3) is 0.593. The number of anilines is 1. The molecule has 3 aromatic rings. The van der Waals surface area contributed by atoms with Gasteiger partial charge in [0.1, 0.15) is 0 Å². The van der Waals surface area contributed by atoms with Crippen LogP contribution < -0.4 is 15.6 Å². The SMILES string of the molecule is C[C@H](O)[C@H](CO[Si](C)(C)C(C)(C)C)Nc1nc2ccc(S(=O)(=O)NC3(C)CC3)cc2c(=O)n1Cc1cnn(C)c1. The summed E-state index contributed by atoms with van der Waals surface area (Å²) in [7, 11) is -4.13. The predicted molar refractivity (Wildman–Crippen MR) is 159 cm³/mol. The van der Waals surface area contributed by atoms with Gasteiger partial charge < -0.3 is 14.8 Å². The smallest absolute Gasteiger partial charge is 0.263 e. The Morgan fingerprint density at radius 1 is 1.25 bits per heavy atom. The number of fused-ring (bicyclic) bond motifs is 1. The minimum atomic E-state index is -3.81. The molecule has 0 unspecified atom stereocenters. The Morgan fingerprint density at radius 2 is 1.93 bits per heavy atom. The quantitative estimate of drug-likeness (QED) is 0.289. The van der Waals surface area contributed by atoms with Crippen LogP contribution >= 0.6 is 0 Å². The fourth-order valence-electron chi connectivity index (χ4n) is 4.01. The van der Waals surface area contributed by atoms with Crippen LogP contribution in [0.3, 0.4) is 0 Å². The molecule has 0 saturated heterocycles. The zero-order chi connectivity index (χ0) is 29.7. The molecule has 1 aromatic carbocycles. The van der Waals surface area contributed by atoms with Crippen molar-refractivity contribution in [2.75, 3.05) is 11.9 Å². The summed E-state index contributed by atoms with van der Waals surface area (Å²) in [4.78, 5) is 18.6. The molecule has 220 valence electrons. The van der Waals surface area contributed by atoms with Crippen molar-refractivity contribution in [1.29, 1.82) is 0 Å². The highest BCUT2D eigenvalue weighted by molar-refractivity contribution is 7.89.